The second kappa shape index (κ2) is 7.95. The maximum atomic E-state index is 11.6. The van der Waals surface area contributed by atoms with Gasteiger partial charge in [0, 0.05) is 21.8 Å². The Hall–Kier alpha value is 0.130. The van der Waals surface area contributed by atoms with Crippen molar-refractivity contribution in [3.63, 3.8) is 0 Å². The first-order valence-corrected chi connectivity index (χ1v) is 10.8. The fourth-order valence-electron chi connectivity index (χ4n) is 2.15. The lowest BCUT2D eigenvalue weighted by Gasteiger charge is -2.31. The van der Waals surface area contributed by atoms with Crippen LogP contribution in [0.1, 0.15) is 30.9 Å². The molecule has 1 aromatic carbocycles. The van der Waals surface area contributed by atoms with E-state index in [4.69, 9.17) is 0 Å². The van der Waals surface area contributed by atoms with Crippen LogP contribution in [0.25, 0.3) is 0 Å². The Morgan fingerprint density at radius 1 is 1.10 bits per heavy atom. The minimum absolute atomic E-state index is 0.0447. The molecule has 114 valence electrons. The molecule has 0 aliphatic rings. The second-order valence-corrected chi connectivity index (χ2v) is 8.85. The summed E-state index contributed by atoms with van der Waals surface area (Å²) in [5, 5.41) is 1.64. The van der Waals surface area contributed by atoms with E-state index in [2.05, 4.69) is 63.0 Å². The third kappa shape index (κ3) is 4.85. The number of alkyl halides is 2. The van der Waals surface area contributed by atoms with Gasteiger partial charge in [0.15, 0.2) is 0 Å². The predicted octanol–water partition coefficient (Wildman–Crippen LogP) is 4.24. The van der Waals surface area contributed by atoms with Crippen LogP contribution < -0.4 is 0 Å². The summed E-state index contributed by atoms with van der Waals surface area (Å²) in [5.74, 6) is 0.504. The zero-order valence-corrected chi connectivity index (χ0v) is 16.0. The molecule has 0 amide bonds. The van der Waals surface area contributed by atoms with Gasteiger partial charge in [0.05, 0.1) is 5.75 Å². The first-order chi connectivity index (χ1) is 9.39. The molecule has 0 radical (unpaired) electrons. The largest absolute Gasteiger partial charge is 0.229 e. The van der Waals surface area contributed by atoms with Crippen LogP contribution in [0.2, 0.25) is 0 Å². The standard InChI is InChI=1S/C15H22Br2O2S/c1-3-20(18,19)10-4-9-15(11-16,12-17)14-7-5-13(2)6-8-14/h5-8H,3-4,9-12H2,1-2H3. The van der Waals surface area contributed by atoms with Crippen molar-refractivity contribution in [3.8, 4) is 0 Å². The number of rotatable bonds is 8. The molecule has 0 heterocycles. The summed E-state index contributed by atoms with van der Waals surface area (Å²) in [6.45, 7) is 3.78. The first-order valence-electron chi connectivity index (χ1n) is 6.78. The summed E-state index contributed by atoms with van der Waals surface area (Å²) in [6, 6.07) is 8.51. The van der Waals surface area contributed by atoms with E-state index in [0.29, 0.717) is 6.42 Å². The van der Waals surface area contributed by atoms with E-state index in [0.717, 1.165) is 17.1 Å². The summed E-state index contributed by atoms with van der Waals surface area (Å²) >= 11 is 7.21. The third-order valence-electron chi connectivity index (χ3n) is 3.73. The highest BCUT2D eigenvalue weighted by atomic mass is 79.9. The molecule has 0 unspecified atom stereocenters. The molecule has 0 atom stereocenters. The average molecular weight is 426 g/mol. The average Bonchev–Trinajstić information content (AvgIpc) is 2.45. The SMILES string of the molecule is CCS(=O)(=O)CCCC(CBr)(CBr)c1ccc(C)cc1. The lowest BCUT2D eigenvalue weighted by Crippen LogP contribution is -2.31. The van der Waals surface area contributed by atoms with Crippen LogP contribution in [0.4, 0.5) is 0 Å². The maximum absolute atomic E-state index is 11.6. The monoisotopic (exact) mass is 424 g/mol. The van der Waals surface area contributed by atoms with Gasteiger partial charge in [-0.05, 0) is 25.3 Å². The van der Waals surface area contributed by atoms with E-state index in [1.807, 2.05) is 0 Å². The Balaban J connectivity index is 2.84. The number of sulfone groups is 1. The van der Waals surface area contributed by atoms with E-state index in [1.54, 1.807) is 6.92 Å². The summed E-state index contributed by atoms with van der Waals surface area (Å²) in [6.07, 6.45) is 1.55. The predicted molar refractivity (Wildman–Crippen MR) is 94.0 cm³/mol. The third-order valence-corrected chi connectivity index (χ3v) is 7.66. The number of hydrogen-bond donors (Lipinski definition) is 0. The molecule has 0 saturated heterocycles. The molecule has 1 aromatic rings. The Morgan fingerprint density at radius 3 is 2.10 bits per heavy atom. The normalized spacial score (nSPS) is 12.6. The molecule has 0 bridgehead atoms. The molecule has 0 spiro atoms. The fourth-order valence-corrected chi connectivity index (χ4v) is 5.16. The van der Waals surface area contributed by atoms with Crippen molar-refractivity contribution >= 4 is 41.7 Å². The van der Waals surface area contributed by atoms with E-state index >= 15 is 0 Å². The Labute approximate surface area is 139 Å². The molecule has 0 N–H and O–H groups in total. The second-order valence-electron chi connectivity index (χ2n) is 5.25. The van der Waals surface area contributed by atoms with Crippen LogP contribution in [0.15, 0.2) is 24.3 Å². The molecule has 0 fully saturated rings. The van der Waals surface area contributed by atoms with Gasteiger partial charge in [-0.15, -0.1) is 0 Å². The van der Waals surface area contributed by atoms with Gasteiger partial charge >= 0.3 is 0 Å². The summed E-state index contributed by atoms with van der Waals surface area (Å²) < 4.78 is 23.2. The molecular formula is C15H22Br2O2S. The maximum Gasteiger partial charge on any atom is 0.150 e. The number of aryl methyl sites for hydroxylation is 1. The van der Waals surface area contributed by atoms with E-state index < -0.39 is 9.84 Å². The minimum Gasteiger partial charge on any atom is -0.229 e. The first kappa shape index (κ1) is 18.2. The van der Waals surface area contributed by atoms with Crippen molar-refractivity contribution in [2.75, 3.05) is 22.2 Å². The van der Waals surface area contributed by atoms with Gasteiger partial charge in [0.25, 0.3) is 0 Å². The summed E-state index contributed by atoms with van der Waals surface area (Å²) in [4.78, 5) is 0. The smallest absolute Gasteiger partial charge is 0.150 e. The zero-order valence-electron chi connectivity index (χ0n) is 12.0. The van der Waals surface area contributed by atoms with Crippen molar-refractivity contribution in [2.45, 2.75) is 32.1 Å². The Kier molecular flexibility index (Phi) is 7.22. The Morgan fingerprint density at radius 2 is 1.65 bits per heavy atom. The zero-order chi connectivity index (χ0) is 15.2. The van der Waals surface area contributed by atoms with Crippen molar-refractivity contribution in [3.05, 3.63) is 35.4 Å². The highest BCUT2D eigenvalue weighted by Gasteiger charge is 2.30. The summed E-state index contributed by atoms with van der Waals surface area (Å²) in [7, 11) is -2.88. The molecular weight excluding hydrogens is 404 g/mol. The topological polar surface area (TPSA) is 34.1 Å². The Bertz CT molecular complexity index is 505. The molecule has 5 heteroatoms. The quantitative estimate of drug-likeness (QED) is 0.583. The van der Waals surface area contributed by atoms with Crippen LogP contribution >= 0.6 is 31.9 Å². The van der Waals surface area contributed by atoms with Crippen molar-refractivity contribution in [1.29, 1.82) is 0 Å². The summed E-state index contributed by atoms with van der Waals surface area (Å²) in [5.41, 5.74) is 2.45. The number of hydrogen-bond acceptors (Lipinski definition) is 2. The highest BCUT2D eigenvalue weighted by Crippen LogP contribution is 2.34. The van der Waals surface area contributed by atoms with E-state index in [-0.39, 0.29) is 16.9 Å². The van der Waals surface area contributed by atoms with Gasteiger partial charge < -0.3 is 0 Å². The fraction of sp³-hybridized carbons (Fsp3) is 0.600. The van der Waals surface area contributed by atoms with Gasteiger partial charge in [-0.3, -0.25) is 0 Å². The van der Waals surface area contributed by atoms with Gasteiger partial charge in [-0.25, -0.2) is 8.42 Å². The molecule has 0 saturated carbocycles. The molecule has 2 nitrogen and oxygen atoms in total. The van der Waals surface area contributed by atoms with Gasteiger partial charge in [-0.1, -0.05) is 68.6 Å². The minimum atomic E-state index is -2.88. The molecule has 0 aliphatic heterocycles. The lowest BCUT2D eigenvalue weighted by molar-refractivity contribution is 0.495. The lowest BCUT2D eigenvalue weighted by atomic mass is 9.80. The van der Waals surface area contributed by atoms with Gasteiger partial charge in [0.1, 0.15) is 9.84 Å². The van der Waals surface area contributed by atoms with Crippen LogP contribution in [0, 0.1) is 6.92 Å². The van der Waals surface area contributed by atoms with E-state index in [1.165, 1.54) is 11.1 Å². The number of benzene rings is 1. The molecule has 20 heavy (non-hydrogen) atoms. The van der Waals surface area contributed by atoms with Crippen LogP contribution in [-0.4, -0.2) is 30.6 Å². The van der Waals surface area contributed by atoms with Crippen molar-refractivity contribution < 1.29 is 8.42 Å². The van der Waals surface area contributed by atoms with Gasteiger partial charge in [-0.2, -0.15) is 0 Å². The van der Waals surface area contributed by atoms with Crippen LogP contribution in [0.5, 0.6) is 0 Å². The molecule has 0 aromatic heterocycles. The van der Waals surface area contributed by atoms with Crippen molar-refractivity contribution in [2.24, 2.45) is 0 Å². The van der Waals surface area contributed by atoms with Crippen LogP contribution in [0.3, 0.4) is 0 Å². The number of halogens is 2. The highest BCUT2D eigenvalue weighted by molar-refractivity contribution is 9.09. The molecule has 0 aliphatic carbocycles. The van der Waals surface area contributed by atoms with Gasteiger partial charge in [0.2, 0.25) is 0 Å². The van der Waals surface area contributed by atoms with Crippen LogP contribution in [-0.2, 0) is 15.3 Å². The van der Waals surface area contributed by atoms with E-state index in [9.17, 15) is 8.42 Å². The van der Waals surface area contributed by atoms with Crippen molar-refractivity contribution in [1.82, 2.24) is 0 Å². The molecule has 1 rings (SSSR count).